The first kappa shape index (κ1) is 17.5. The normalized spacial score (nSPS) is 14.6. The van der Waals surface area contributed by atoms with E-state index >= 15 is 0 Å². The average molecular weight is 321 g/mol. The van der Waals surface area contributed by atoms with Crippen LogP contribution in [0.5, 0.6) is 0 Å². The van der Waals surface area contributed by atoms with Crippen molar-refractivity contribution >= 4 is 17.5 Å². The molecule has 6 heteroatoms. The fraction of sp³-hybridized carbons (Fsp3) is 0.647. The molecule has 128 valence electrons. The highest BCUT2D eigenvalue weighted by molar-refractivity contribution is 5.70. The summed E-state index contributed by atoms with van der Waals surface area (Å²) in [7, 11) is 1.43. The monoisotopic (exact) mass is 321 g/mol. The summed E-state index contributed by atoms with van der Waals surface area (Å²) in [5, 5.41) is 0. The number of ether oxygens (including phenoxy) is 2. The summed E-state index contributed by atoms with van der Waals surface area (Å²) in [6.07, 6.45) is 4.50. The zero-order chi connectivity index (χ0) is 16.5. The van der Waals surface area contributed by atoms with Gasteiger partial charge in [0.2, 0.25) is 0 Å². The van der Waals surface area contributed by atoms with Crippen LogP contribution in [-0.2, 0) is 14.3 Å². The summed E-state index contributed by atoms with van der Waals surface area (Å²) in [5.41, 5.74) is 1.05. The summed E-state index contributed by atoms with van der Waals surface area (Å²) in [4.78, 5) is 20.4. The first-order chi connectivity index (χ1) is 11.2. The third-order valence-electron chi connectivity index (χ3n) is 4.03. The Balaban J connectivity index is 2.00. The molecule has 0 spiro atoms. The van der Waals surface area contributed by atoms with Crippen LogP contribution in [0.25, 0.3) is 0 Å². The lowest BCUT2D eigenvalue weighted by Gasteiger charge is -2.29. The van der Waals surface area contributed by atoms with Gasteiger partial charge in [0.1, 0.15) is 5.82 Å². The number of carbonyl (C=O) groups excluding carboxylic acids is 1. The molecule has 1 fully saturated rings. The van der Waals surface area contributed by atoms with Crippen LogP contribution < -0.4 is 9.80 Å². The van der Waals surface area contributed by atoms with E-state index in [2.05, 4.69) is 33.8 Å². The van der Waals surface area contributed by atoms with Crippen LogP contribution in [0.2, 0.25) is 0 Å². The Morgan fingerprint density at radius 2 is 2.13 bits per heavy atom. The van der Waals surface area contributed by atoms with Crippen molar-refractivity contribution in [2.75, 3.05) is 56.3 Å². The van der Waals surface area contributed by atoms with E-state index in [0.717, 1.165) is 57.2 Å². The molecule has 0 saturated carbocycles. The number of morpholine rings is 1. The molecule has 1 aromatic heterocycles. The van der Waals surface area contributed by atoms with Gasteiger partial charge >= 0.3 is 5.97 Å². The SMILES string of the molecule is CCCCN(CCC(=O)OC)c1ccc(N2CCOCC2)nc1. The maximum absolute atomic E-state index is 11.4. The first-order valence-electron chi connectivity index (χ1n) is 8.35. The van der Waals surface area contributed by atoms with E-state index < -0.39 is 0 Å². The van der Waals surface area contributed by atoms with E-state index in [1.54, 1.807) is 0 Å². The minimum absolute atomic E-state index is 0.176. The molecule has 0 N–H and O–H groups in total. The van der Waals surface area contributed by atoms with Crippen molar-refractivity contribution in [1.82, 2.24) is 4.98 Å². The minimum Gasteiger partial charge on any atom is -0.469 e. The lowest BCUT2D eigenvalue weighted by molar-refractivity contribution is -0.140. The number of hydrogen-bond acceptors (Lipinski definition) is 6. The molecule has 23 heavy (non-hydrogen) atoms. The van der Waals surface area contributed by atoms with Gasteiger partial charge in [-0.15, -0.1) is 0 Å². The number of carbonyl (C=O) groups is 1. The van der Waals surface area contributed by atoms with Crippen molar-refractivity contribution in [3.05, 3.63) is 18.3 Å². The van der Waals surface area contributed by atoms with E-state index in [4.69, 9.17) is 9.47 Å². The van der Waals surface area contributed by atoms with E-state index in [9.17, 15) is 4.79 Å². The van der Waals surface area contributed by atoms with E-state index in [0.29, 0.717) is 13.0 Å². The molecular weight excluding hydrogens is 294 g/mol. The number of unbranched alkanes of at least 4 members (excludes halogenated alkanes) is 1. The Bertz CT molecular complexity index is 472. The molecule has 6 nitrogen and oxygen atoms in total. The third-order valence-corrected chi connectivity index (χ3v) is 4.03. The van der Waals surface area contributed by atoms with Crippen molar-refractivity contribution in [3.63, 3.8) is 0 Å². The number of hydrogen-bond donors (Lipinski definition) is 0. The Kier molecular flexibility index (Phi) is 7.13. The molecule has 0 aromatic carbocycles. The summed E-state index contributed by atoms with van der Waals surface area (Å²) >= 11 is 0. The molecule has 1 aliphatic heterocycles. The quantitative estimate of drug-likeness (QED) is 0.683. The number of nitrogens with zero attached hydrogens (tertiary/aromatic N) is 3. The Morgan fingerprint density at radius 1 is 1.35 bits per heavy atom. The van der Waals surface area contributed by atoms with Gasteiger partial charge in [-0.2, -0.15) is 0 Å². The third kappa shape index (κ3) is 5.39. The Hall–Kier alpha value is -1.82. The zero-order valence-corrected chi connectivity index (χ0v) is 14.2. The molecule has 2 heterocycles. The number of aromatic nitrogens is 1. The summed E-state index contributed by atoms with van der Waals surface area (Å²) in [6.45, 7) is 7.02. The molecule has 0 amide bonds. The van der Waals surface area contributed by atoms with Crippen LogP contribution in [0.15, 0.2) is 18.3 Å². The molecule has 2 rings (SSSR count). The summed E-state index contributed by atoms with van der Waals surface area (Å²) in [6, 6.07) is 4.14. The topological polar surface area (TPSA) is 54.9 Å². The van der Waals surface area contributed by atoms with Crippen molar-refractivity contribution in [2.45, 2.75) is 26.2 Å². The van der Waals surface area contributed by atoms with Crippen molar-refractivity contribution in [2.24, 2.45) is 0 Å². The van der Waals surface area contributed by atoms with Crippen LogP contribution in [0.1, 0.15) is 26.2 Å². The highest BCUT2D eigenvalue weighted by Gasteiger charge is 2.14. The maximum atomic E-state index is 11.4. The number of rotatable bonds is 8. The molecule has 0 atom stereocenters. The van der Waals surface area contributed by atoms with Gasteiger partial charge in [-0.3, -0.25) is 4.79 Å². The fourth-order valence-electron chi connectivity index (χ4n) is 2.59. The van der Waals surface area contributed by atoms with E-state index in [1.807, 2.05) is 6.20 Å². The highest BCUT2D eigenvalue weighted by Crippen LogP contribution is 2.19. The van der Waals surface area contributed by atoms with Crippen molar-refractivity contribution in [1.29, 1.82) is 0 Å². The molecule has 0 bridgehead atoms. The van der Waals surface area contributed by atoms with E-state index in [-0.39, 0.29) is 5.97 Å². The predicted molar refractivity (Wildman–Crippen MR) is 91.0 cm³/mol. The van der Waals surface area contributed by atoms with Crippen LogP contribution in [0, 0.1) is 0 Å². The fourth-order valence-corrected chi connectivity index (χ4v) is 2.59. The number of methoxy groups -OCH3 is 1. The van der Waals surface area contributed by atoms with Gasteiger partial charge in [0.25, 0.3) is 0 Å². The van der Waals surface area contributed by atoms with Gasteiger partial charge in [0.15, 0.2) is 0 Å². The standard InChI is InChI=1S/C17H27N3O3/c1-3-4-8-19(9-7-17(21)22-2)15-5-6-16(18-14-15)20-10-12-23-13-11-20/h5-6,14H,3-4,7-13H2,1-2H3. The van der Waals surface area contributed by atoms with Crippen LogP contribution in [-0.4, -0.2) is 57.5 Å². The molecule has 1 saturated heterocycles. The number of esters is 1. The zero-order valence-electron chi connectivity index (χ0n) is 14.2. The second-order valence-electron chi connectivity index (χ2n) is 5.64. The molecule has 0 radical (unpaired) electrons. The number of pyridine rings is 1. The first-order valence-corrected chi connectivity index (χ1v) is 8.35. The second-order valence-corrected chi connectivity index (χ2v) is 5.64. The van der Waals surface area contributed by atoms with Gasteiger partial charge in [0.05, 0.1) is 38.6 Å². The van der Waals surface area contributed by atoms with Crippen LogP contribution in [0.3, 0.4) is 0 Å². The van der Waals surface area contributed by atoms with Gasteiger partial charge in [-0.25, -0.2) is 4.98 Å². The maximum Gasteiger partial charge on any atom is 0.307 e. The van der Waals surface area contributed by atoms with Gasteiger partial charge < -0.3 is 19.3 Å². The lowest BCUT2D eigenvalue weighted by atomic mass is 10.2. The summed E-state index contributed by atoms with van der Waals surface area (Å²) < 4.78 is 10.1. The smallest absolute Gasteiger partial charge is 0.307 e. The van der Waals surface area contributed by atoms with Gasteiger partial charge in [0, 0.05) is 26.2 Å². The predicted octanol–water partition coefficient (Wildman–Crippen LogP) is 2.09. The molecule has 0 aliphatic carbocycles. The van der Waals surface area contributed by atoms with Crippen LogP contribution >= 0.6 is 0 Å². The molecule has 1 aliphatic rings. The summed E-state index contributed by atoms with van der Waals surface area (Å²) in [5.74, 6) is 0.810. The minimum atomic E-state index is -0.176. The van der Waals surface area contributed by atoms with Crippen molar-refractivity contribution < 1.29 is 14.3 Å². The molecular formula is C17H27N3O3. The number of anilines is 2. The molecule has 0 unspecified atom stereocenters. The van der Waals surface area contributed by atoms with Gasteiger partial charge in [-0.05, 0) is 18.6 Å². The Labute approximate surface area is 138 Å². The largest absolute Gasteiger partial charge is 0.469 e. The lowest BCUT2D eigenvalue weighted by Crippen LogP contribution is -2.36. The second kappa shape index (κ2) is 9.35. The highest BCUT2D eigenvalue weighted by atomic mass is 16.5. The van der Waals surface area contributed by atoms with Crippen molar-refractivity contribution in [3.8, 4) is 0 Å². The Morgan fingerprint density at radius 3 is 2.74 bits per heavy atom. The van der Waals surface area contributed by atoms with E-state index in [1.165, 1.54) is 7.11 Å². The molecule has 1 aromatic rings. The van der Waals surface area contributed by atoms with Crippen LogP contribution in [0.4, 0.5) is 11.5 Å². The van der Waals surface area contributed by atoms with Gasteiger partial charge in [-0.1, -0.05) is 13.3 Å². The average Bonchev–Trinajstić information content (AvgIpc) is 2.62.